The number of azo groups is 2. The van der Waals surface area contributed by atoms with Crippen LogP contribution in [0.2, 0.25) is 0 Å². The van der Waals surface area contributed by atoms with Gasteiger partial charge in [-0.2, -0.15) is 27.1 Å². The van der Waals surface area contributed by atoms with E-state index in [0.29, 0.717) is 29.3 Å². The van der Waals surface area contributed by atoms with Gasteiger partial charge >= 0.3 is 59.1 Å². The number of rotatable bonds is 14. The van der Waals surface area contributed by atoms with E-state index in [0.717, 1.165) is 24.3 Å². The van der Waals surface area contributed by atoms with Gasteiger partial charge in [-0.1, -0.05) is 84.3 Å². The van der Waals surface area contributed by atoms with Crippen LogP contribution >= 0.6 is 0 Å². The van der Waals surface area contributed by atoms with E-state index in [1.807, 2.05) is 0 Å². The van der Waals surface area contributed by atoms with Crippen molar-refractivity contribution < 1.29 is 129 Å². The van der Waals surface area contributed by atoms with Crippen LogP contribution in [-0.4, -0.2) is 69.1 Å². The Balaban J connectivity index is 0.00000451. The second-order valence-electron chi connectivity index (χ2n) is 19.5. The van der Waals surface area contributed by atoms with Crippen LogP contribution in [0.25, 0.3) is 12.2 Å². The number of hydrogen-bond donors (Lipinski definition) is 4. The number of fused-ring (bicyclic) bond motifs is 4. The van der Waals surface area contributed by atoms with Crippen molar-refractivity contribution in [2.45, 2.75) is 29.1 Å². The molecule has 87 heavy (non-hydrogen) atoms. The summed E-state index contributed by atoms with van der Waals surface area (Å²) in [6.45, 7) is 0. The molecule has 0 aliphatic heterocycles. The molecule has 8 aromatic rings. The molecule has 21 nitrogen and oxygen atoms in total. The van der Waals surface area contributed by atoms with Gasteiger partial charge in [-0.3, -0.25) is 33.1 Å². The number of Topliss-reactive ketones (excluding diaryl/α,β-unsaturated/α-hetero) is 1. The molecule has 0 saturated heterocycles. The molecule has 1 saturated carbocycles. The molecule has 0 spiro atoms. The zero-order valence-electron chi connectivity index (χ0n) is 46.4. The van der Waals surface area contributed by atoms with Gasteiger partial charge in [0.15, 0.2) is 28.9 Å². The maximum absolute atomic E-state index is 14.3. The summed E-state index contributed by atoms with van der Waals surface area (Å²) in [4.78, 5) is 69.5. The number of ether oxygens (including phenoxy) is 2. The summed E-state index contributed by atoms with van der Waals surface area (Å²) in [6.07, 6.45) is 4.05. The average molecular weight is 1220 g/mol. The summed E-state index contributed by atoms with van der Waals surface area (Å²) in [5.74, 6) is -3.82. The SMILES string of the molecule is COc1ccc(Nc2cc(S(=O)(=O)O)c(N=Nc3cc(/C=C4\CCC/C(=C\c5ccc([O-])c(N=Nc6c(S(=O)(=O)O)cc(Nc7ccc(OC)cc7)c7c6C(=O)c6ccccc6C7=O)c5)C4=O)ccc3[O-])c3c2C(=O)c2ccccc2C3=O)cc1.[Na+].[Na+]. The molecule has 0 unspecified atom stereocenters. The van der Waals surface area contributed by atoms with Gasteiger partial charge in [0, 0.05) is 44.8 Å². The van der Waals surface area contributed by atoms with Crippen LogP contribution in [0.1, 0.15) is 94.1 Å². The number of ketones is 5. The van der Waals surface area contributed by atoms with Gasteiger partial charge in [-0.25, -0.2) is 0 Å². The van der Waals surface area contributed by atoms with E-state index >= 15 is 0 Å². The maximum atomic E-state index is 14.3. The van der Waals surface area contributed by atoms with Crippen molar-refractivity contribution >= 4 is 107 Å². The fraction of sp³-hybridized carbons (Fsp3) is 0.0806. The van der Waals surface area contributed by atoms with Gasteiger partial charge < -0.3 is 30.3 Å². The molecule has 424 valence electrons. The number of allylic oxidation sites excluding steroid dienone is 2. The molecule has 0 bridgehead atoms. The minimum atomic E-state index is -5.23. The zero-order chi connectivity index (χ0) is 60.1. The molecular weight excluding hydrogens is 1180 g/mol. The number of benzene rings is 8. The third-order valence-electron chi connectivity index (χ3n) is 14.2. The van der Waals surface area contributed by atoms with Crippen molar-refractivity contribution in [3.8, 4) is 23.0 Å². The molecule has 25 heteroatoms. The normalized spacial score (nSPS) is 14.7. The van der Waals surface area contributed by atoms with Gasteiger partial charge in [0.05, 0.1) is 59.2 Å². The standard InChI is InChI=1S/C62H44N6O15S2.2Na/c1-82-38-20-16-36(17-21-38)63-46-30-50(84(76,77)78)56(54-52(46)59(72)40-10-3-5-12-42(40)61(54)74)67-65-44-28-32(14-24-48(44)69)26-34-8-7-9-35(58(34)71)27-33-15-25-49(70)45(29-33)66-68-57-51(85(79,80)81)31-47(64-37-18-22-39(83-2)23-19-37)53-55(57)62(75)43-13-6-4-11-41(43)60(53)73;;/h3-6,10-31,63-64,69-70H,7-9H2,1-2H3,(H,76,77,78)(H,79,80,81);;/q;2*+1/p-2/b34-26+,35-27+,67-65?,68-66?;;. The largest absolute Gasteiger partial charge is 1.00 e. The van der Waals surface area contributed by atoms with Crippen molar-refractivity contribution in [1.82, 2.24) is 0 Å². The first kappa shape index (κ1) is 62.9. The predicted molar refractivity (Wildman–Crippen MR) is 307 cm³/mol. The Labute approximate surface area is 540 Å². The first-order valence-electron chi connectivity index (χ1n) is 25.7. The zero-order valence-corrected chi connectivity index (χ0v) is 52.1. The Morgan fingerprint density at radius 3 is 1.14 bits per heavy atom. The summed E-state index contributed by atoms with van der Waals surface area (Å²) < 4.78 is 84.2. The van der Waals surface area contributed by atoms with E-state index in [2.05, 4.69) is 31.1 Å². The predicted octanol–water partition coefficient (Wildman–Crippen LogP) is 5.44. The molecule has 0 aromatic heterocycles. The van der Waals surface area contributed by atoms with E-state index < -0.39 is 92.9 Å². The van der Waals surface area contributed by atoms with Crippen LogP contribution in [0.3, 0.4) is 0 Å². The van der Waals surface area contributed by atoms with Gasteiger partial charge in [0.25, 0.3) is 20.2 Å². The van der Waals surface area contributed by atoms with Gasteiger partial charge in [0.2, 0.25) is 0 Å². The Hall–Kier alpha value is -8.59. The molecule has 8 aromatic carbocycles. The molecular formula is C62H42N6Na2O15S2. The summed E-state index contributed by atoms with van der Waals surface area (Å²) in [5, 5.41) is 49.0. The molecule has 0 heterocycles. The monoisotopic (exact) mass is 1220 g/mol. The number of carbonyl (C=O) groups excluding carboxylic acids is 5. The third-order valence-corrected chi connectivity index (χ3v) is 15.9. The quantitative estimate of drug-likeness (QED) is 0.0456. The fourth-order valence-electron chi connectivity index (χ4n) is 10.1. The number of hydrogen-bond acceptors (Lipinski definition) is 19. The molecule has 3 aliphatic rings. The van der Waals surface area contributed by atoms with Crippen molar-refractivity contribution in [3.63, 3.8) is 0 Å². The van der Waals surface area contributed by atoms with Crippen LogP contribution in [0.15, 0.2) is 187 Å². The summed E-state index contributed by atoms with van der Waals surface area (Å²) in [6, 6.07) is 33.9. The Morgan fingerprint density at radius 1 is 0.460 bits per heavy atom. The smallest absolute Gasteiger partial charge is 0.871 e. The molecule has 1 fully saturated rings. The molecule has 11 rings (SSSR count). The van der Waals surface area contributed by atoms with E-state index in [1.165, 1.54) is 87.0 Å². The van der Waals surface area contributed by atoms with Crippen molar-refractivity contribution in [2.75, 3.05) is 24.9 Å². The molecule has 0 radical (unpaired) electrons. The summed E-state index contributed by atoms with van der Waals surface area (Å²) in [5.41, 5.74) is -2.30. The Morgan fingerprint density at radius 2 is 0.805 bits per heavy atom. The molecule has 0 amide bonds. The van der Waals surface area contributed by atoms with Crippen molar-refractivity contribution in [2.24, 2.45) is 20.5 Å². The summed E-state index contributed by atoms with van der Waals surface area (Å²) >= 11 is 0. The minimum Gasteiger partial charge on any atom is -0.871 e. The number of carbonyl (C=O) groups is 5. The van der Waals surface area contributed by atoms with Crippen LogP contribution in [0.5, 0.6) is 23.0 Å². The second kappa shape index (κ2) is 25.4. The van der Waals surface area contributed by atoms with Crippen LogP contribution < -0.4 is 89.4 Å². The van der Waals surface area contributed by atoms with Crippen LogP contribution in [0, 0.1) is 0 Å². The summed E-state index contributed by atoms with van der Waals surface area (Å²) in [7, 11) is -7.53. The third kappa shape index (κ3) is 12.5. The Kier molecular flexibility index (Phi) is 18.4. The maximum Gasteiger partial charge on any atom is 1.00 e. The Bertz CT molecular complexity index is 4320. The van der Waals surface area contributed by atoms with Crippen LogP contribution in [-0.2, 0) is 25.0 Å². The average Bonchev–Trinajstić information content (AvgIpc) is 0.762. The minimum absolute atomic E-state index is 0. The number of anilines is 4. The topological polar surface area (TPSA) is 332 Å². The van der Waals surface area contributed by atoms with E-state index in [9.17, 15) is 60.1 Å². The fourth-order valence-corrected chi connectivity index (χ4v) is 11.5. The van der Waals surface area contributed by atoms with Gasteiger partial charge in [-0.05, 0) is 115 Å². The van der Waals surface area contributed by atoms with E-state index in [-0.39, 0.29) is 150 Å². The first-order valence-corrected chi connectivity index (χ1v) is 28.6. The molecule has 0 atom stereocenters. The number of nitrogens with one attached hydrogen (secondary N) is 2. The number of methoxy groups -OCH3 is 2. The van der Waals surface area contributed by atoms with Crippen molar-refractivity contribution in [1.29, 1.82) is 0 Å². The molecule has 4 N–H and O–H groups in total. The van der Waals surface area contributed by atoms with Gasteiger partial charge in [0.1, 0.15) is 32.7 Å². The van der Waals surface area contributed by atoms with Crippen LogP contribution in [0.4, 0.5) is 45.5 Å². The number of nitrogens with zero attached hydrogens (tertiary/aromatic N) is 4. The van der Waals surface area contributed by atoms with E-state index in [1.54, 1.807) is 60.7 Å². The first-order chi connectivity index (χ1) is 40.7. The van der Waals surface area contributed by atoms with Crippen molar-refractivity contribution in [3.05, 3.63) is 212 Å². The van der Waals surface area contributed by atoms with E-state index in [4.69, 9.17) is 9.47 Å². The molecule has 3 aliphatic carbocycles. The second-order valence-corrected chi connectivity index (χ2v) is 22.3. The van der Waals surface area contributed by atoms with Gasteiger partial charge in [-0.15, -0.1) is 10.2 Å².